The van der Waals surface area contributed by atoms with Crippen molar-refractivity contribution < 1.29 is 24.1 Å². The number of hydrogen-bond donors (Lipinski definition) is 1. The van der Waals surface area contributed by atoms with E-state index in [-0.39, 0.29) is 5.25 Å². The number of carboxylic acids is 1. The van der Waals surface area contributed by atoms with Gasteiger partial charge in [-0.05, 0) is 49.2 Å². The van der Waals surface area contributed by atoms with Crippen molar-refractivity contribution in [3.63, 3.8) is 0 Å². The fourth-order valence-corrected chi connectivity index (χ4v) is 4.88. The Labute approximate surface area is 192 Å². The Hall–Kier alpha value is -2.96. The second kappa shape index (κ2) is 10.6. The number of fused-ring (bicyclic) bond motifs is 2. The SMILES string of the molecule is CCOC(Cc1ccc(OCCC2Sc3ccccc3Oc3ccccc32)cc1)C(=O)O. The number of hydrogen-bond acceptors (Lipinski definition) is 5. The van der Waals surface area contributed by atoms with E-state index in [9.17, 15) is 9.90 Å². The molecule has 0 saturated carbocycles. The van der Waals surface area contributed by atoms with Gasteiger partial charge in [-0.1, -0.05) is 42.5 Å². The minimum absolute atomic E-state index is 0.219. The van der Waals surface area contributed by atoms with Gasteiger partial charge in [0.1, 0.15) is 17.2 Å². The summed E-state index contributed by atoms with van der Waals surface area (Å²) in [5.74, 6) is 1.59. The number of carboxylic acid groups (broad SMARTS) is 1. The third-order valence-electron chi connectivity index (χ3n) is 5.24. The Morgan fingerprint density at radius 2 is 1.75 bits per heavy atom. The summed E-state index contributed by atoms with van der Waals surface area (Å²) in [4.78, 5) is 12.4. The Bertz CT molecular complexity index is 1050. The number of ether oxygens (including phenoxy) is 3. The van der Waals surface area contributed by atoms with Crippen LogP contribution < -0.4 is 9.47 Å². The molecule has 1 heterocycles. The molecule has 4 rings (SSSR count). The average Bonchev–Trinajstić information content (AvgIpc) is 2.96. The summed E-state index contributed by atoms with van der Waals surface area (Å²) in [6, 6.07) is 23.8. The molecule has 0 saturated heterocycles. The van der Waals surface area contributed by atoms with Gasteiger partial charge in [-0.25, -0.2) is 4.79 Å². The van der Waals surface area contributed by atoms with E-state index in [1.807, 2.05) is 60.7 Å². The van der Waals surface area contributed by atoms with E-state index in [0.717, 1.165) is 34.1 Å². The van der Waals surface area contributed by atoms with Gasteiger partial charge >= 0.3 is 5.97 Å². The predicted molar refractivity (Wildman–Crippen MR) is 125 cm³/mol. The van der Waals surface area contributed by atoms with Crippen LogP contribution in [0, 0.1) is 0 Å². The summed E-state index contributed by atoms with van der Waals surface area (Å²) in [5.41, 5.74) is 2.07. The van der Waals surface area contributed by atoms with Crippen molar-refractivity contribution in [1.29, 1.82) is 0 Å². The first-order valence-corrected chi connectivity index (χ1v) is 11.6. The monoisotopic (exact) mass is 450 g/mol. The molecule has 0 aromatic heterocycles. The molecule has 6 heteroatoms. The predicted octanol–water partition coefficient (Wildman–Crippen LogP) is 6.13. The van der Waals surface area contributed by atoms with Gasteiger partial charge in [0, 0.05) is 23.8 Å². The Morgan fingerprint density at radius 3 is 2.50 bits per heavy atom. The highest BCUT2D eigenvalue weighted by molar-refractivity contribution is 7.99. The minimum Gasteiger partial charge on any atom is -0.494 e. The lowest BCUT2D eigenvalue weighted by Crippen LogP contribution is -2.26. The molecule has 1 N–H and O–H groups in total. The fraction of sp³-hybridized carbons (Fsp3) is 0.269. The molecule has 5 nitrogen and oxygen atoms in total. The molecule has 0 fully saturated rings. The Morgan fingerprint density at radius 1 is 1.03 bits per heavy atom. The molecule has 2 atom stereocenters. The van der Waals surface area contributed by atoms with Crippen LogP contribution in [0.3, 0.4) is 0 Å². The van der Waals surface area contributed by atoms with E-state index in [0.29, 0.717) is 19.6 Å². The van der Waals surface area contributed by atoms with Gasteiger partial charge in [-0.15, -0.1) is 11.8 Å². The van der Waals surface area contributed by atoms with E-state index in [1.54, 1.807) is 18.7 Å². The van der Waals surface area contributed by atoms with Gasteiger partial charge in [0.05, 0.1) is 11.5 Å². The van der Waals surface area contributed by atoms with Crippen LogP contribution in [0.1, 0.15) is 29.7 Å². The summed E-state index contributed by atoms with van der Waals surface area (Å²) in [6.45, 7) is 2.72. The van der Waals surface area contributed by atoms with Crippen molar-refractivity contribution in [2.24, 2.45) is 0 Å². The van der Waals surface area contributed by atoms with Crippen LogP contribution in [0.25, 0.3) is 0 Å². The third-order valence-corrected chi connectivity index (χ3v) is 6.61. The van der Waals surface area contributed by atoms with E-state index < -0.39 is 12.1 Å². The lowest BCUT2D eigenvalue weighted by molar-refractivity contribution is -0.149. The van der Waals surface area contributed by atoms with Gasteiger partial charge in [0.2, 0.25) is 0 Å². The lowest BCUT2D eigenvalue weighted by atomic mass is 10.1. The zero-order valence-corrected chi connectivity index (χ0v) is 18.7. The first kappa shape index (κ1) is 22.2. The molecule has 2 unspecified atom stereocenters. The summed E-state index contributed by atoms with van der Waals surface area (Å²) < 4.78 is 17.5. The molecular weight excluding hydrogens is 424 g/mol. The van der Waals surface area contributed by atoms with Crippen LogP contribution in [-0.4, -0.2) is 30.4 Å². The van der Waals surface area contributed by atoms with Crippen molar-refractivity contribution >= 4 is 17.7 Å². The van der Waals surface area contributed by atoms with Crippen LogP contribution in [0.15, 0.2) is 77.7 Å². The molecule has 166 valence electrons. The van der Waals surface area contributed by atoms with Crippen molar-refractivity contribution in [2.75, 3.05) is 13.2 Å². The normalized spacial score (nSPS) is 15.6. The van der Waals surface area contributed by atoms with Gasteiger partial charge in [0.25, 0.3) is 0 Å². The summed E-state index contributed by atoms with van der Waals surface area (Å²) in [6.07, 6.45) is 0.328. The molecule has 0 radical (unpaired) electrons. The number of aliphatic carboxylic acids is 1. The van der Waals surface area contributed by atoms with Crippen LogP contribution in [0.4, 0.5) is 0 Å². The van der Waals surface area contributed by atoms with Crippen LogP contribution in [-0.2, 0) is 16.0 Å². The second-order valence-electron chi connectivity index (χ2n) is 7.46. The molecule has 32 heavy (non-hydrogen) atoms. The highest BCUT2D eigenvalue weighted by Crippen LogP contribution is 2.49. The molecule has 0 spiro atoms. The number of thioether (sulfide) groups is 1. The molecule has 0 aliphatic carbocycles. The zero-order valence-electron chi connectivity index (χ0n) is 17.9. The average molecular weight is 451 g/mol. The van der Waals surface area contributed by atoms with Gasteiger partial charge in [-0.2, -0.15) is 0 Å². The second-order valence-corrected chi connectivity index (χ2v) is 8.71. The summed E-state index contributed by atoms with van der Waals surface area (Å²) in [5, 5.41) is 9.47. The van der Waals surface area contributed by atoms with E-state index in [2.05, 4.69) is 12.1 Å². The molecule has 1 aliphatic rings. The van der Waals surface area contributed by atoms with E-state index >= 15 is 0 Å². The van der Waals surface area contributed by atoms with Gasteiger partial charge in [-0.3, -0.25) is 0 Å². The standard InChI is InChI=1S/C26H26O5S/c1-2-29-23(26(27)28)17-18-11-13-19(14-12-18)30-16-15-24-20-7-3-4-8-21(20)31-22-9-5-6-10-25(22)32-24/h3-14,23-24H,2,15-17H2,1H3,(H,27,28). The number of benzene rings is 3. The quantitative estimate of drug-likeness (QED) is 0.423. The maximum atomic E-state index is 11.3. The van der Waals surface area contributed by atoms with Crippen molar-refractivity contribution in [1.82, 2.24) is 0 Å². The number of rotatable bonds is 9. The van der Waals surface area contributed by atoms with E-state index in [1.165, 1.54) is 5.56 Å². The fourth-order valence-electron chi connectivity index (χ4n) is 3.66. The highest BCUT2D eigenvalue weighted by Gasteiger charge is 2.24. The lowest BCUT2D eigenvalue weighted by Gasteiger charge is -2.17. The largest absolute Gasteiger partial charge is 0.494 e. The van der Waals surface area contributed by atoms with E-state index in [4.69, 9.17) is 14.2 Å². The first-order chi connectivity index (χ1) is 15.6. The van der Waals surface area contributed by atoms with Crippen molar-refractivity contribution in [2.45, 2.75) is 36.0 Å². The summed E-state index contributed by atoms with van der Waals surface area (Å²) >= 11 is 1.80. The van der Waals surface area contributed by atoms with Gasteiger partial charge < -0.3 is 19.3 Å². The van der Waals surface area contributed by atoms with Crippen LogP contribution in [0.2, 0.25) is 0 Å². The highest BCUT2D eigenvalue weighted by atomic mass is 32.2. The smallest absolute Gasteiger partial charge is 0.333 e. The van der Waals surface area contributed by atoms with Gasteiger partial charge in [0.15, 0.2) is 6.10 Å². The first-order valence-electron chi connectivity index (χ1n) is 10.7. The zero-order chi connectivity index (χ0) is 22.3. The van der Waals surface area contributed by atoms with Crippen LogP contribution >= 0.6 is 11.8 Å². The van der Waals surface area contributed by atoms with Crippen molar-refractivity contribution in [3.8, 4) is 17.2 Å². The van der Waals surface area contributed by atoms with Crippen molar-refractivity contribution in [3.05, 3.63) is 83.9 Å². The third kappa shape index (κ3) is 5.44. The minimum atomic E-state index is -0.945. The number of para-hydroxylation sites is 2. The topological polar surface area (TPSA) is 65.0 Å². The Kier molecular flexibility index (Phi) is 7.35. The molecule has 0 bridgehead atoms. The molecular formula is C26H26O5S. The molecule has 3 aromatic carbocycles. The van der Waals surface area contributed by atoms with Crippen LogP contribution in [0.5, 0.6) is 17.2 Å². The maximum Gasteiger partial charge on any atom is 0.333 e. The molecule has 1 aliphatic heterocycles. The Balaban J connectivity index is 1.38. The number of carbonyl (C=O) groups is 1. The summed E-state index contributed by atoms with van der Waals surface area (Å²) in [7, 11) is 0. The molecule has 0 amide bonds. The molecule has 3 aromatic rings. The maximum absolute atomic E-state index is 11.3.